The summed E-state index contributed by atoms with van der Waals surface area (Å²) in [6.07, 6.45) is 2.22. The molecule has 0 bridgehead atoms. The molecule has 0 saturated carbocycles. The van der Waals surface area contributed by atoms with E-state index in [1.807, 2.05) is 11.6 Å². The predicted molar refractivity (Wildman–Crippen MR) is 93.9 cm³/mol. The smallest absolute Gasteiger partial charge is 0.161 e. The molecule has 0 radical (unpaired) electrons. The van der Waals surface area contributed by atoms with E-state index in [4.69, 9.17) is 0 Å². The number of hydrogen-bond acceptors (Lipinski definition) is 7. The van der Waals surface area contributed by atoms with Crippen molar-refractivity contribution in [3.63, 3.8) is 0 Å². The lowest BCUT2D eigenvalue weighted by Crippen LogP contribution is -2.05. The molecule has 0 aromatic carbocycles. The van der Waals surface area contributed by atoms with Crippen LogP contribution in [0.3, 0.4) is 0 Å². The van der Waals surface area contributed by atoms with Crippen molar-refractivity contribution in [2.75, 3.05) is 0 Å². The van der Waals surface area contributed by atoms with Crippen LogP contribution in [0.1, 0.15) is 41.9 Å². The van der Waals surface area contributed by atoms with E-state index in [0.717, 1.165) is 46.6 Å². The lowest BCUT2D eigenvalue weighted by molar-refractivity contribution is 0.540. The van der Waals surface area contributed by atoms with E-state index in [-0.39, 0.29) is 0 Å². The Morgan fingerprint density at radius 3 is 2.78 bits per heavy atom. The van der Waals surface area contributed by atoms with Crippen molar-refractivity contribution in [3.05, 3.63) is 22.1 Å². The summed E-state index contributed by atoms with van der Waals surface area (Å²) in [5.74, 6) is 2.43. The van der Waals surface area contributed by atoms with Crippen LogP contribution in [-0.2, 0) is 12.3 Å². The Hall–Kier alpha value is -1.54. The quantitative estimate of drug-likeness (QED) is 0.500. The summed E-state index contributed by atoms with van der Waals surface area (Å²) in [6.45, 7) is 9.26. The third kappa shape index (κ3) is 3.37. The number of tetrazole rings is 1. The van der Waals surface area contributed by atoms with Crippen LogP contribution in [0.2, 0.25) is 0 Å². The summed E-state index contributed by atoms with van der Waals surface area (Å²) in [5.41, 5.74) is 1.28. The maximum absolute atomic E-state index is 4.65. The summed E-state index contributed by atoms with van der Waals surface area (Å²) in [7, 11) is 0. The third-order valence-electron chi connectivity index (χ3n) is 3.77. The van der Waals surface area contributed by atoms with Gasteiger partial charge in [-0.15, -0.1) is 16.4 Å². The summed E-state index contributed by atoms with van der Waals surface area (Å²) < 4.78 is 1.90. The largest absolute Gasteiger partial charge is 0.229 e. The van der Waals surface area contributed by atoms with Gasteiger partial charge < -0.3 is 0 Å². The Kier molecular flexibility index (Phi) is 4.91. The molecule has 0 fully saturated rings. The molecule has 3 heterocycles. The van der Waals surface area contributed by atoms with Crippen molar-refractivity contribution < 1.29 is 0 Å². The van der Waals surface area contributed by atoms with Gasteiger partial charge in [-0.25, -0.2) is 14.6 Å². The Labute approximate surface area is 143 Å². The number of thiophene rings is 1. The molecule has 23 heavy (non-hydrogen) atoms. The molecule has 3 rings (SSSR count). The van der Waals surface area contributed by atoms with E-state index in [2.05, 4.69) is 46.3 Å². The Bertz CT molecular complexity index is 823. The second-order valence-corrected chi connectivity index (χ2v) is 7.67. The Morgan fingerprint density at radius 1 is 1.17 bits per heavy atom. The molecule has 122 valence electrons. The number of thioether (sulfide) groups is 1. The first-order valence-corrected chi connectivity index (χ1v) is 9.52. The highest BCUT2D eigenvalue weighted by atomic mass is 32.2. The fourth-order valence-electron chi connectivity index (χ4n) is 2.36. The summed E-state index contributed by atoms with van der Waals surface area (Å²) in [4.78, 5) is 11.6. The van der Waals surface area contributed by atoms with Crippen molar-refractivity contribution in [2.45, 2.75) is 57.9 Å². The van der Waals surface area contributed by atoms with Crippen LogP contribution in [0.5, 0.6) is 0 Å². The van der Waals surface area contributed by atoms with E-state index >= 15 is 0 Å². The van der Waals surface area contributed by atoms with Crippen LogP contribution >= 0.6 is 23.1 Å². The lowest BCUT2D eigenvalue weighted by Gasteiger charge is -2.06. The van der Waals surface area contributed by atoms with Gasteiger partial charge in [0, 0.05) is 16.8 Å². The summed E-state index contributed by atoms with van der Waals surface area (Å²) in [5, 5.41) is 14.2. The van der Waals surface area contributed by atoms with Crippen LogP contribution in [0.15, 0.2) is 5.03 Å². The maximum atomic E-state index is 4.65. The van der Waals surface area contributed by atoms with E-state index in [1.54, 1.807) is 23.1 Å². The lowest BCUT2D eigenvalue weighted by atomic mass is 10.2. The molecule has 0 aliphatic rings. The summed E-state index contributed by atoms with van der Waals surface area (Å²) >= 11 is 3.42. The highest BCUT2D eigenvalue weighted by molar-refractivity contribution is 7.98. The minimum absolute atomic E-state index is 0.719. The predicted octanol–water partition coefficient (Wildman–Crippen LogP) is 3.70. The monoisotopic (exact) mass is 348 g/mol. The van der Waals surface area contributed by atoms with E-state index < -0.39 is 0 Å². The van der Waals surface area contributed by atoms with Gasteiger partial charge in [-0.3, -0.25) is 0 Å². The minimum Gasteiger partial charge on any atom is -0.229 e. The molecule has 3 aromatic rings. The first-order chi connectivity index (χ1) is 11.1. The fraction of sp³-hybridized carbons (Fsp3) is 0.533. The molecule has 0 spiro atoms. The van der Waals surface area contributed by atoms with Crippen LogP contribution in [-0.4, -0.2) is 30.2 Å². The van der Waals surface area contributed by atoms with Crippen molar-refractivity contribution in [3.8, 4) is 0 Å². The molecular formula is C15H20N6S2. The molecule has 0 aliphatic carbocycles. The molecule has 0 unspecified atom stereocenters. The zero-order chi connectivity index (χ0) is 16.4. The Balaban J connectivity index is 1.86. The highest BCUT2D eigenvalue weighted by Gasteiger charge is 2.15. The van der Waals surface area contributed by atoms with Crippen molar-refractivity contribution in [1.29, 1.82) is 0 Å². The van der Waals surface area contributed by atoms with Crippen molar-refractivity contribution in [1.82, 2.24) is 30.2 Å². The zero-order valence-electron chi connectivity index (χ0n) is 13.8. The van der Waals surface area contributed by atoms with Crippen LogP contribution in [0.4, 0.5) is 0 Å². The maximum Gasteiger partial charge on any atom is 0.161 e. The third-order valence-corrected chi connectivity index (χ3v) is 5.85. The van der Waals surface area contributed by atoms with Gasteiger partial charge in [0.2, 0.25) is 0 Å². The average Bonchev–Trinajstić information content (AvgIpc) is 3.07. The van der Waals surface area contributed by atoms with Gasteiger partial charge >= 0.3 is 0 Å². The van der Waals surface area contributed by atoms with Gasteiger partial charge in [-0.2, -0.15) is 0 Å². The number of hydrogen-bond donors (Lipinski definition) is 0. The molecule has 0 aliphatic heterocycles. The van der Waals surface area contributed by atoms with Gasteiger partial charge in [0.15, 0.2) is 5.82 Å². The van der Waals surface area contributed by atoms with Crippen LogP contribution in [0, 0.1) is 20.8 Å². The molecule has 0 N–H and O–H groups in total. The number of fused-ring (bicyclic) bond motifs is 1. The molecule has 3 aromatic heterocycles. The normalized spacial score (nSPS) is 11.5. The van der Waals surface area contributed by atoms with Gasteiger partial charge in [-0.1, -0.05) is 25.1 Å². The van der Waals surface area contributed by atoms with Gasteiger partial charge in [0.25, 0.3) is 0 Å². The number of rotatable bonds is 6. The second-order valence-electron chi connectivity index (χ2n) is 5.50. The molecular weight excluding hydrogens is 328 g/mol. The first-order valence-electron chi connectivity index (χ1n) is 7.72. The topological polar surface area (TPSA) is 69.4 Å². The van der Waals surface area contributed by atoms with Gasteiger partial charge in [0.05, 0.1) is 5.75 Å². The Morgan fingerprint density at radius 2 is 2.00 bits per heavy atom. The zero-order valence-corrected chi connectivity index (χ0v) is 15.5. The van der Waals surface area contributed by atoms with E-state index in [0.29, 0.717) is 0 Å². The number of aryl methyl sites for hydroxylation is 4. The first kappa shape index (κ1) is 16.3. The fourth-order valence-corrected chi connectivity index (χ4v) is 4.56. The molecule has 0 atom stereocenters. The SMILES string of the molecule is CCCCn1nnnc1CSc1nc(C)nc2sc(C)c(C)c12. The van der Waals surface area contributed by atoms with Crippen molar-refractivity contribution >= 4 is 33.3 Å². The van der Waals surface area contributed by atoms with E-state index in [1.165, 1.54) is 15.8 Å². The molecule has 6 nitrogen and oxygen atoms in total. The molecule has 8 heteroatoms. The van der Waals surface area contributed by atoms with E-state index in [9.17, 15) is 0 Å². The van der Waals surface area contributed by atoms with Crippen LogP contribution in [0.25, 0.3) is 10.2 Å². The highest BCUT2D eigenvalue weighted by Crippen LogP contribution is 2.35. The average molecular weight is 349 g/mol. The molecule has 0 amide bonds. The second kappa shape index (κ2) is 6.92. The number of nitrogens with zero attached hydrogens (tertiary/aromatic N) is 6. The molecule has 0 saturated heterocycles. The number of aromatic nitrogens is 6. The number of unbranched alkanes of at least 4 members (excludes halogenated alkanes) is 1. The van der Waals surface area contributed by atoms with Crippen LogP contribution < -0.4 is 0 Å². The minimum atomic E-state index is 0.719. The van der Waals surface area contributed by atoms with Crippen molar-refractivity contribution in [2.24, 2.45) is 0 Å². The van der Waals surface area contributed by atoms with Gasteiger partial charge in [0.1, 0.15) is 15.7 Å². The summed E-state index contributed by atoms with van der Waals surface area (Å²) in [6, 6.07) is 0. The van der Waals surface area contributed by atoms with Gasteiger partial charge in [-0.05, 0) is 43.2 Å². The standard InChI is InChI=1S/C15H20N6S2/c1-5-6-7-21-12(18-19-20-21)8-22-14-13-9(2)10(3)23-15(13)17-11(4)16-14/h5-8H2,1-4H3.